The van der Waals surface area contributed by atoms with Gasteiger partial charge in [-0.15, -0.1) is 0 Å². The van der Waals surface area contributed by atoms with Crippen molar-refractivity contribution in [2.45, 2.75) is 0 Å². The zero-order valence-electron chi connectivity index (χ0n) is 3.91. The SMILES string of the molecule is S.[Ba+2].[GaH3].[H-].[H-].[Zn]. The molecule has 0 bridgehead atoms. The molecule has 0 aromatic carbocycles. The molecule has 0 fully saturated rings. The van der Waals surface area contributed by atoms with Crippen LogP contribution in [0, 0.1) is 0 Å². The van der Waals surface area contributed by atoms with E-state index in [0.29, 0.717) is 0 Å². The Balaban J connectivity index is 0. The van der Waals surface area contributed by atoms with E-state index in [4.69, 9.17) is 0 Å². The van der Waals surface area contributed by atoms with Crippen LogP contribution in [0.2, 0.25) is 0 Å². The minimum absolute atomic E-state index is 0. The second-order valence-electron chi connectivity index (χ2n) is 0. The molecule has 0 saturated carbocycles. The van der Waals surface area contributed by atoms with Crippen molar-refractivity contribution in [3.63, 3.8) is 0 Å². The minimum atomic E-state index is 0. The van der Waals surface area contributed by atoms with Gasteiger partial charge in [0.2, 0.25) is 0 Å². The normalized spacial score (nSPS) is 0. The van der Waals surface area contributed by atoms with Crippen molar-refractivity contribution in [3.05, 3.63) is 0 Å². The van der Waals surface area contributed by atoms with Gasteiger partial charge in [0.05, 0.1) is 0 Å². The summed E-state index contributed by atoms with van der Waals surface area (Å²) in [5, 5.41) is 0. The molecule has 0 radical (unpaired) electrons. The predicted molar refractivity (Wildman–Crippen MR) is 28.3 cm³/mol. The molecule has 0 aliphatic heterocycles. The van der Waals surface area contributed by atoms with Gasteiger partial charge in [-0.05, 0) is 0 Å². The third-order valence-corrected chi connectivity index (χ3v) is 0. The van der Waals surface area contributed by atoms with Crippen LogP contribution in [-0.4, -0.2) is 68.7 Å². The molecule has 0 spiro atoms. The van der Waals surface area contributed by atoms with Crippen LogP contribution in [0.1, 0.15) is 2.85 Å². The summed E-state index contributed by atoms with van der Waals surface area (Å²) in [6.45, 7) is 0. The first kappa shape index (κ1) is 27.1. The fourth-order valence-electron chi connectivity index (χ4n) is 0. The fraction of sp³-hybridized carbons (Fsp3) is 0. The molecular formula is H7BaGaSZn. The first-order valence-electron chi connectivity index (χ1n) is 0. The Kier molecular flexibility index (Phi) is 111. The molecule has 0 heterocycles. The summed E-state index contributed by atoms with van der Waals surface area (Å²) in [6, 6.07) is 0. The minimum Gasteiger partial charge on any atom is -1.00 e. The van der Waals surface area contributed by atoms with Gasteiger partial charge in [-0.3, -0.25) is 0 Å². The van der Waals surface area contributed by atoms with Crippen LogP contribution in [0.4, 0.5) is 0 Å². The molecule has 0 aliphatic rings. The van der Waals surface area contributed by atoms with Crippen LogP contribution in [0.25, 0.3) is 0 Å². The number of rotatable bonds is 0. The Morgan fingerprint density at radius 2 is 1.25 bits per heavy atom. The van der Waals surface area contributed by atoms with Gasteiger partial charge in [-0.2, -0.15) is 13.5 Å². The first-order chi connectivity index (χ1) is 0. The average molecular weight is 312 g/mol. The maximum absolute atomic E-state index is 0. The van der Waals surface area contributed by atoms with Gasteiger partial charge in [0, 0.05) is 19.5 Å². The van der Waals surface area contributed by atoms with E-state index in [9.17, 15) is 0 Å². The molecular weight excluding hydrogens is 305 g/mol. The third-order valence-electron chi connectivity index (χ3n) is 0. The van der Waals surface area contributed by atoms with Gasteiger partial charge >= 0.3 is 68.7 Å². The van der Waals surface area contributed by atoms with Crippen LogP contribution in [0.5, 0.6) is 0 Å². The van der Waals surface area contributed by atoms with Crippen molar-refractivity contribution < 1.29 is 22.3 Å². The van der Waals surface area contributed by atoms with Crippen LogP contribution in [-0.2, 0) is 19.5 Å². The second-order valence-corrected chi connectivity index (χ2v) is 0. The smallest absolute Gasteiger partial charge is 0 e. The maximum Gasteiger partial charge on any atom is 0 e. The summed E-state index contributed by atoms with van der Waals surface area (Å²) in [6.07, 6.45) is 0. The Labute approximate surface area is 102 Å². The largest absolute Gasteiger partial charge is 1.00 e. The fourth-order valence-corrected chi connectivity index (χ4v) is 0. The second kappa shape index (κ2) is 16.4. The van der Waals surface area contributed by atoms with Gasteiger partial charge in [0.15, 0.2) is 0 Å². The Bertz CT molecular complexity index is 13.5. The molecule has 0 aromatic heterocycles. The van der Waals surface area contributed by atoms with Crippen LogP contribution in [0.15, 0.2) is 0 Å². The molecule has 0 N–H and O–H groups in total. The summed E-state index contributed by atoms with van der Waals surface area (Å²) < 4.78 is 0. The first-order valence-corrected chi connectivity index (χ1v) is 0. The van der Waals surface area contributed by atoms with Crippen molar-refractivity contribution in [1.82, 2.24) is 0 Å². The molecule has 0 saturated heterocycles. The molecule has 0 amide bonds. The van der Waals surface area contributed by atoms with Crippen molar-refractivity contribution in [2.75, 3.05) is 0 Å². The van der Waals surface area contributed by atoms with Crippen molar-refractivity contribution in [2.24, 2.45) is 0 Å². The molecule has 0 aliphatic carbocycles. The summed E-state index contributed by atoms with van der Waals surface area (Å²) in [5.41, 5.74) is 0. The van der Waals surface area contributed by atoms with E-state index in [1.165, 1.54) is 0 Å². The molecule has 0 rings (SSSR count). The molecule has 4 heavy (non-hydrogen) atoms. The van der Waals surface area contributed by atoms with E-state index in [1.54, 1.807) is 0 Å². The predicted octanol–water partition coefficient (Wildman–Crippen LogP) is -1.23. The Morgan fingerprint density at radius 1 is 1.25 bits per heavy atom. The number of hydrogen-bond acceptors (Lipinski definition) is 0. The van der Waals surface area contributed by atoms with E-state index in [2.05, 4.69) is 0 Å². The van der Waals surface area contributed by atoms with Crippen LogP contribution < -0.4 is 0 Å². The standard InChI is InChI=1S/Ba.Ga.H2S.Zn.5H/h;;1H2;;;;;;/q+2;;;;;;;2*-1. The van der Waals surface area contributed by atoms with Crippen LogP contribution >= 0.6 is 13.5 Å². The molecule has 4 heteroatoms. The van der Waals surface area contributed by atoms with Crippen molar-refractivity contribution in [1.29, 1.82) is 0 Å². The average Bonchev–Trinajstić information content (AvgIpc) is 0. The van der Waals surface area contributed by atoms with Crippen molar-refractivity contribution in [3.8, 4) is 0 Å². The monoisotopic (exact) mass is 310 g/mol. The van der Waals surface area contributed by atoms with Crippen LogP contribution in [0.3, 0.4) is 0 Å². The van der Waals surface area contributed by atoms with Gasteiger partial charge in [0.1, 0.15) is 0 Å². The quantitative estimate of drug-likeness (QED) is 0.492. The third kappa shape index (κ3) is 8.95. The molecule has 0 atom stereocenters. The summed E-state index contributed by atoms with van der Waals surface area (Å²) >= 11 is 0. The van der Waals surface area contributed by atoms with E-state index >= 15 is 0 Å². The summed E-state index contributed by atoms with van der Waals surface area (Å²) in [5.74, 6) is 0. The molecule has 0 unspecified atom stereocenters. The van der Waals surface area contributed by atoms with E-state index in [1.807, 2.05) is 0 Å². The summed E-state index contributed by atoms with van der Waals surface area (Å²) in [4.78, 5) is 0. The van der Waals surface area contributed by atoms with Gasteiger partial charge < -0.3 is 2.85 Å². The Hall–Kier alpha value is 3.18. The van der Waals surface area contributed by atoms with E-state index < -0.39 is 0 Å². The van der Waals surface area contributed by atoms with Gasteiger partial charge in [-0.25, -0.2) is 0 Å². The topological polar surface area (TPSA) is 0 Å². The van der Waals surface area contributed by atoms with Gasteiger partial charge in [0.25, 0.3) is 0 Å². The zero-order chi connectivity index (χ0) is 0. The zero-order valence-corrected chi connectivity index (χ0v) is 10.3. The van der Waals surface area contributed by atoms with E-state index in [0.717, 1.165) is 0 Å². The van der Waals surface area contributed by atoms with Crippen molar-refractivity contribution >= 4 is 82.2 Å². The molecule has 20 valence electrons. The van der Waals surface area contributed by atoms with E-state index in [-0.39, 0.29) is 104 Å². The maximum atomic E-state index is 0. The van der Waals surface area contributed by atoms with Gasteiger partial charge in [-0.1, -0.05) is 0 Å². The number of hydrogen-bond donors (Lipinski definition) is 0. The summed E-state index contributed by atoms with van der Waals surface area (Å²) in [7, 11) is 0. The molecule has 0 nitrogen and oxygen atoms in total. The Morgan fingerprint density at radius 3 is 1.25 bits per heavy atom. The molecule has 0 aromatic rings.